The van der Waals surface area contributed by atoms with E-state index in [1.807, 2.05) is 0 Å². The molecule has 25 heavy (non-hydrogen) atoms. The Morgan fingerprint density at radius 1 is 1.36 bits per heavy atom. The van der Waals surface area contributed by atoms with Gasteiger partial charge < -0.3 is 15.6 Å². The van der Waals surface area contributed by atoms with E-state index in [1.54, 1.807) is 13.8 Å². The van der Waals surface area contributed by atoms with Crippen molar-refractivity contribution in [1.82, 2.24) is 0 Å². The number of rotatable bonds is 2. The first kappa shape index (κ1) is 16.6. The second-order valence-electron chi connectivity index (χ2n) is 7.31. The number of halogens is 1. The molecule has 3 aliphatic rings. The highest BCUT2D eigenvalue weighted by Crippen LogP contribution is 2.60. The number of carbonyl (C=O) groups excluding carboxylic acids is 2. The summed E-state index contributed by atoms with van der Waals surface area (Å²) in [5.41, 5.74) is 3.60. The zero-order chi connectivity index (χ0) is 18.3. The van der Waals surface area contributed by atoms with Crippen molar-refractivity contribution in [3.63, 3.8) is 0 Å². The number of hydrogen-bond acceptors (Lipinski definition) is 5. The van der Waals surface area contributed by atoms with Gasteiger partial charge in [0.05, 0.1) is 29.2 Å². The van der Waals surface area contributed by atoms with Crippen LogP contribution in [-0.2, 0) is 14.3 Å². The van der Waals surface area contributed by atoms with Crippen LogP contribution < -0.4 is 10.6 Å². The molecule has 3 heterocycles. The lowest BCUT2D eigenvalue weighted by molar-refractivity contribution is -0.132. The molecule has 132 valence electrons. The van der Waals surface area contributed by atoms with E-state index in [0.717, 1.165) is 11.0 Å². The minimum Gasteiger partial charge on any atom is -0.390 e. The lowest BCUT2D eigenvalue weighted by atomic mass is 9.67. The zero-order valence-electron chi connectivity index (χ0n) is 13.7. The van der Waals surface area contributed by atoms with Crippen LogP contribution in [0.2, 0.25) is 0 Å². The molecule has 2 amide bonds. The summed E-state index contributed by atoms with van der Waals surface area (Å²) in [5.74, 6) is -3.09. The second-order valence-corrected chi connectivity index (χ2v) is 7.75. The minimum absolute atomic E-state index is 0.0517. The molecule has 1 aromatic rings. The molecule has 3 aliphatic heterocycles. The lowest BCUT2D eigenvalue weighted by Gasteiger charge is -2.31. The van der Waals surface area contributed by atoms with Crippen LogP contribution in [0.4, 0.5) is 10.1 Å². The van der Waals surface area contributed by atoms with Crippen molar-refractivity contribution in [1.29, 1.82) is 0 Å². The van der Waals surface area contributed by atoms with Gasteiger partial charge in [-0.1, -0.05) is 12.2 Å². The van der Waals surface area contributed by atoms with E-state index in [0.29, 0.717) is 0 Å². The van der Waals surface area contributed by atoms with Crippen molar-refractivity contribution in [3.8, 4) is 0 Å². The molecule has 4 rings (SSSR count). The van der Waals surface area contributed by atoms with E-state index >= 15 is 0 Å². The molecule has 5 atom stereocenters. The van der Waals surface area contributed by atoms with E-state index in [-0.39, 0.29) is 22.7 Å². The number of fused-ring (bicyclic) bond motifs is 5. The van der Waals surface area contributed by atoms with E-state index < -0.39 is 46.8 Å². The molecule has 3 N–H and O–H groups in total. The Labute approximate surface area is 148 Å². The first-order chi connectivity index (χ1) is 11.6. The van der Waals surface area contributed by atoms with Crippen molar-refractivity contribution < 1.29 is 23.8 Å². The first-order valence-electron chi connectivity index (χ1n) is 7.95. The topological polar surface area (TPSA) is 92.9 Å². The number of carbonyl (C=O) groups is 2. The fraction of sp³-hybridized carbons (Fsp3) is 0.471. The van der Waals surface area contributed by atoms with Gasteiger partial charge in [-0.2, -0.15) is 0 Å². The van der Waals surface area contributed by atoms with Crippen LogP contribution in [0.1, 0.15) is 25.8 Å². The van der Waals surface area contributed by atoms with Gasteiger partial charge in [0.2, 0.25) is 11.8 Å². The number of amides is 2. The van der Waals surface area contributed by atoms with Crippen LogP contribution in [0.5, 0.6) is 0 Å². The second kappa shape index (κ2) is 4.84. The van der Waals surface area contributed by atoms with E-state index in [2.05, 4.69) is 0 Å². The minimum atomic E-state index is -1.11. The zero-order valence-corrected chi connectivity index (χ0v) is 14.5. The summed E-state index contributed by atoms with van der Waals surface area (Å²) >= 11 is 4.77. The molecular formula is C17H17FN2O4S. The van der Waals surface area contributed by atoms with Crippen molar-refractivity contribution in [3.05, 3.63) is 29.6 Å². The Morgan fingerprint density at radius 2 is 2.00 bits per heavy atom. The molecule has 3 fully saturated rings. The maximum absolute atomic E-state index is 14.2. The smallest absolute Gasteiger partial charge is 0.240 e. The third-order valence-electron chi connectivity index (χ3n) is 5.77. The standard InChI is InChI=1S/C17H17FN2O4S/c1-16-6-10(21)17(2,24-16)12-11(16)14(22)20(15(12)23)7-3-4-8(13(19)25)9(18)5-7/h3-5,10-12,21H,6H2,1-2H3,(H2,19,25)/t10-,11+,12-,16?,17?/m0/s1. The molecule has 0 aliphatic carbocycles. The SMILES string of the molecule is CC12C[C@H](O)C(C)(O1)[C@@H]1C(=O)N(c3ccc(C(N)=S)c(F)c3)C(=O)[C@@H]12. The molecular weight excluding hydrogens is 347 g/mol. The molecule has 2 unspecified atom stereocenters. The highest BCUT2D eigenvalue weighted by atomic mass is 32.1. The predicted octanol–water partition coefficient (Wildman–Crippen LogP) is 0.878. The third kappa shape index (κ3) is 1.93. The van der Waals surface area contributed by atoms with Gasteiger partial charge in [-0.05, 0) is 32.0 Å². The Hall–Kier alpha value is -1.90. The third-order valence-corrected chi connectivity index (χ3v) is 5.99. The summed E-state index contributed by atoms with van der Waals surface area (Å²) in [4.78, 5) is 26.8. The molecule has 0 radical (unpaired) electrons. The molecule has 2 bridgehead atoms. The number of nitrogens with two attached hydrogens (primary N) is 1. The van der Waals surface area contributed by atoms with Crippen LogP contribution >= 0.6 is 12.2 Å². The molecule has 0 saturated carbocycles. The fourth-order valence-corrected chi connectivity index (χ4v) is 4.78. The quantitative estimate of drug-likeness (QED) is 0.598. The maximum Gasteiger partial charge on any atom is 0.240 e. The van der Waals surface area contributed by atoms with Gasteiger partial charge in [0.25, 0.3) is 0 Å². The van der Waals surface area contributed by atoms with Gasteiger partial charge in [0.15, 0.2) is 0 Å². The Bertz CT molecular complexity index is 846. The highest BCUT2D eigenvalue weighted by molar-refractivity contribution is 7.80. The van der Waals surface area contributed by atoms with Crippen molar-refractivity contribution in [2.24, 2.45) is 17.6 Å². The summed E-state index contributed by atoms with van der Waals surface area (Å²) < 4.78 is 20.1. The van der Waals surface area contributed by atoms with Crippen molar-refractivity contribution in [2.75, 3.05) is 4.90 Å². The number of thiocarbonyl (C=S) groups is 1. The van der Waals surface area contributed by atoms with E-state index in [4.69, 9.17) is 22.7 Å². The summed E-state index contributed by atoms with van der Waals surface area (Å²) in [5, 5.41) is 10.3. The monoisotopic (exact) mass is 364 g/mol. The molecule has 0 spiro atoms. The number of aliphatic hydroxyl groups excluding tert-OH is 1. The Balaban J connectivity index is 1.77. The fourth-order valence-electron chi connectivity index (χ4n) is 4.62. The van der Waals surface area contributed by atoms with Crippen LogP contribution in [-0.4, -0.2) is 39.2 Å². The summed E-state index contributed by atoms with van der Waals surface area (Å²) in [6.07, 6.45) is -0.545. The highest BCUT2D eigenvalue weighted by Gasteiger charge is 2.75. The normalized spacial score (nSPS) is 39.2. The number of imide groups is 1. The average molecular weight is 364 g/mol. The predicted molar refractivity (Wildman–Crippen MR) is 90.3 cm³/mol. The number of nitrogens with zero attached hydrogens (tertiary/aromatic N) is 1. The number of ether oxygens (including phenoxy) is 1. The van der Waals surface area contributed by atoms with E-state index in [9.17, 15) is 19.1 Å². The molecule has 8 heteroatoms. The van der Waals surface area contributed by atoms with Gasteiger partial charge in [-0.3, -0.25) is 9.59 Å². The number of anilines is 1. The van der Waals surface area contributed by atoms with Crippen molar-refractivity contribution >= 4 is 34.7 Å². The summed E-state index contributed by atoms with van der Waals surface area (Å²) in [6, 6.07) is 3.87. The van der Waals surface area contributed by atoms with Gasteiger partial charge in [-0.25, -0.2) is 9.29 Å². The van der Waals surface area contributed by atoms with Gasteiger partial charge in [0.1, 0.15) is 16.4 Å². The van der Waals surface area contributed by atoms with E-state index in [1.165, 1.54) is 12.1 Å². The van der Waals surface area contributed by atoms with Crippen LogP contribution in [0.15, 0.2) is 18.2 Å². The maximum atomic E-state index is 14.2. The van der Waals surface area contributed by atoms with Crippen LogP contribution in [0, 0.1) is 17.7 Å². The largest absolute Gasteiger partial charge is 0.390 e. The summed E-state index contributed by atoms with van der Waals surface area (Å²) in [6.45, 7) is 3.39. The number of aliphatic hydroxyl groups is 1. The van der Waals surface area contributed by atoms with Crippen LogP contribution in [0.3, 0.4) is 0 Å². The first-order valence-corrected chi connectivity index (χ1v) is 8.36. The van der Waals surface area contributed by atoms with Gasteiger partial charge in [0, 0.05) is 12.0 Å². The average Bonchev–Trinajstić information content (AvgIpc) is 3.00. The Morgan fingerprint density at radius 3 is 2.60 bits per heavy atom. The molecule has 6 nitrogen and oxygen atoms in total. The molecule has 3 saturated heterocycles. The molecule has 0 aromatic heterocycles. The van der Waals surface area contributed by atoms with Crippen LogP contribution in [0.25, 0.3) is 0 Å². The lowest BCUT2D eigenvalue weighted by Crippen LogP contribution is -2.49. The van der Waals surface area contributed by atoms with Gasteiger partial charge in [-0.15, -0.1) is 0 Å². The number of hydrogen-bond donors (Lipinski definition) is 2. The molecule has 1 aromatic carbocycles. The van der Waals surface area contributed by atoms with Crippen molar-refractivity contribution in [2.45, 2.75) is 37.6 Å². The number of benzene rings is 1. The summed E-state index contributed by atoms with van der Waals surface area (Å²) in [7, 11) is 0. The van der Waals surface area contributed by atoms with Gasteiger partial charge >= 0.3 is 0 Å². The Kier molecular flexibility index (Phi) is 3.20.